The maximum absolute atomic E-state index is 13.0. The summed E-state index contributed by atoms with van der Waals surface area (Å²) >= 11 is 0. The number of aromatic carboxylic acids is 1. The monoisotopic (exact) mass is 299 g/mol. The van der Waals surface area contributed by atoms with Gasteiger partial charge in [0.15, 0.2) is 0 Å². The van der Waals surface area contributed by atoms with Crippen LogP contribution < -0.4 is 5.32 Å². The van der Waals surface area contributed by atoms with E-state index in [0.29, 0.717) is 5.56 Å². The Morgan fingerprint density at radius 2 is 1.86 bits per heavy atom. The molecule has 5 heteroatoms. The first-order valence-corrected chi connectivity index (χ1v) is 6.58. The van der Waals surface area contributed by atoms with Crippen molar-refractivity contribution < 1.29 is 19.1 Å². The second-order valence-corrected chi connectivity index (χ2v) is 4.61. The van der Waals surface area contributed by atoms with Crippen molar-refractivity contribution in [3.63, 3.8) is 0 Å². The minimum atomic E-state index is -0.992. The number of rotatable bonds is 5. The van der Waals surface area contributed by atoms with Crippen LogP contribution in [-0.4, -0.2) is 17.0 Å². The minimum Gasteiger partial charge on any atom is -0.478 e. The van der Waals surface area contributed by atoms with Gasteiger partial charge in [-0.15, -0.1) is 0 Å². The summed E-state index contributed by atoms with van der Waals surface area (Å²) in [5.41, 5.74) is 1.58. The number of carbonyl (C=O) groups is 2. The van der Waals surface area contributed by atoms with Crippen LogP contribution >= 0.6 is 0 Å². The number of nitrogens with one attached hydrogen (secondary N) is 1. The Morgan fingerprint density at radius 1 is 1.14 bits per heavy atom. The van der Waals surface area contributed by atoms with E-state index in [1.165, 1.54) is 36.4 Å². The molecule has 0 spiro atoms. The zero-order valence-corrected chi connectivity index (χ0v) is 11.6. The van der Waals surface area contributed by atoms with E-state index in [4.69, 9.17) is 5.11 Å². The topological polar surface area (TPSA) is 66.4 Å². The van der Waals surface area contributed by atoms with Crippen molar-refractivity contribution in [2.45, 2.75) is 6.54 Å². The smallest absolute Gasteiger partial charge is 0.335 e. The fraction of sp³-hybridized carbons (Fsp3) is 0.0588. The van der Waals surface area contributed by atoms with Gasteiger partial charge in [-0.2, -0.15) is 0 Å². The number of carboxylic acid groups (broad SMARTS) is 1. The van der Waals surface area contributed by atoms with Crippen molar-refractivity contribution in [2.24, 2.45) is 0 Å². The Kier molecular flexibility index (Phi) is 5.03. The lowest BCUT2D eigenvalue weighted by Gasteiger charge is -2.03. The van der Waals surface area contributed by atoms with Crippen LogP contribution in [0.4, 0.5) is 4.39 Å². The molecule has 0 bridgehead atoms. The SMILES string of the molecule is O=C(/C=C/c1cccc(F)c1)NCc1ccc(C(=O)O)cc1. The third kappa shape index (κ3) is 4.56. The van der Waals surface area contributed by atoms with Gasteiger partial charge in [0.2, 0.25) is 5.91 Å². The van der Waals surface area contributed by atoms with Gasteiger partial charge in [-0.05, 0) is 41.5 Å². The molecule has 0 aromatic heterocycles. The highest BCUT2D eigenvalue weighted by Gasteiger charge is 2.02. The highest BCUT2D eigenvalue weighted by molar-refractivity contribution is 5.91. The van der Waals surface area contributed by atoms with Crippen LogP contribution in [0.3, 0.4) is 0 Å². The number of hydrogen-bond donors (Lipinski definition) is 2. The first-order valence-electron chi connectivity index (χ1n) is 6.58. The zero-order chi connectivity index (χ0) is 15.9. The van der Waals surface area contributed by atoms with Gasteiger partial charge in [0.1, 0.15) is 5.82 Å². The Bertz CT molecular complexity index is 708. The van der Waals surface area contributed by atoms with Crippen molar-refractivity contribution in [1.29, 1.82) is 0 Å². The van der Waals surface area contributed by atoms with Gasteiger partial charge in [-0.1, -0.05) is 24.3 Å². The largest absolute Gasteiger partial charge is 0.478 e. The molecule has 0 unspecified atom stereocenters. The van der Waals surface area contributed by atoms with Crippen molar-refractivity contribution in [3.05, 3.63) is 77.1 Å². The van der Waals surface area contributed by atoms with Gasteiger partial charge in [-0.3, -0.25) is 4.79 Å². The van der Waals surface area contributed by atoms with E-state index < -0.39 is 5.97 Å². The van der Waals surface area contributed by atoms with E-state index in [1.807, 2.05) is 0 Å². The normalized spacial score (nSPS) is 10.6. The number of carboxylic acids is 1. The maximum atomic E-state index is 13.0. The van der Waals surface area contributed by atoms with E-state index >= 15 is 0 Å². The van der Waals surface area contributed by atoms with E-state index in [1.54, 1.807) is 24.3 Å². The van der Waals surface area contributed by atoms with Crippen molar-refractivity contribution in [3.8, 4) is 0 Å². The fourth-order valence-electron chi connectivity index (χ4n) is 1.80. The van der Waals surface area contributed by atoms with E-state index in [2.05, 4.69) is 5.32 Å². The molecule has 0 atom stereocenters. The molecular weight excluding hydrogens is 285 g/mol. The molecule has 2 aromatic carbocycles. The summed E-state index contributed by atoms with van der Waals surface area (Å²) in [4.78, 5) is 22.4. The highest BCUT2D eigenvalue weighted by atomic mass is 19.1. The molecule has 0 radical (unpaired) electrons. The molecule has 0 aliphatic carbocycles. The molecule has 2 aromatic rings. The Morgan fingerprint density at radius 3 is 2.50 bits per heavy atom. The summed E-state index contributed by atoms with van der Waals surface area (Å²) in [5.74, 6) is -1.67. The lowest BCUT2D eigenvalue weighted by molar-refractivity contribution is -0.116. The van der Waals surface area contributed by atoms with Crippen molar-refractivity contribution in [1.82, 2.24) is 5.32 Å². The van der Waals surface area contributed by atoms with E-state index in [0.717, 1.165) is 5.56 Å². The van der Waals surface area contributed by atoms with Crippen LogP contribution in [0.15, 0.2) is 54.6 Å². The second-order valence-electron chi connectivity index (χ2n) is 4.61. The van der Waals surface area contributed by atoms with E-state index in [9.17, 15) is 14.0 Å². The van der Waals surface area contributed by atoms with Gasteiger partial charge in [-0.25, -0.2) is 9.18 Å². The Balaban J connectivity index is 1.88. The number of hydrogen-bond acceptors (Lipinski definition) is 2. The Hall–Kier alpha value is -2.95. The van der Waals surface area contributed by atoms with Crippen LogP contribution in [-0.2, 0) is 11.3 Å². The van der Waals surface area contributed by atoms with Gasteiger partial charge in [0.25, 0.3) is 0 Å². The van der Waals surface area contributed by atoms with Crippen LogP contribution in [0.25, 0.3) is 6.08 Å². The summed E-state index contributed by atoms with van der Waals surface area (Å²) in [6.45, 7) is 0.284. The van der Waals surface area contributed by atoms with E-state index in [-0.39, 0.29) is 23.8 Å². The molecule has 2 N–H and O–H groups in total. The van der Waals surface area contributed by atoms with Crippen LogP contribution in [0.5, 0.6) is 0 Å². The molecule has 0 aliphatic rings. The van der Waals surface area contributed by atoms with Crippen LogP contribution in [0.1, 0.15) is 21.5 Å². The quantitative estimate of drug-likeness (QED) is 0.834. The molecule has 0 heterocycles. The number of carbonyl (C=O) groups excluding carboxylic acids is 1. The molecule has 0 saturated heterocycles. The van der Waals surface area contributed by atoms with Gasteiger partial charge in [0.05, 0.1) is 5.56 Å². The summed E-state index contributed by atoms with van der Waals surface area (Å²) in [6.07, 6.45) is 2.84. The molecule has 112 valence electrons. The summed E-state index contributed by atoms with van der Waals surface area (Å²) in [6, 6.07) is 12.2. The second kappa shape index (κ2) is 7.17. The van der Waals surface area contributed by atoms with Crippen molar-refractivity contribution in [2.75, 3.05) is 0 Å². The average Bonchev–Trinajstić information content (AvgIpc) is 2.51. The Labute approximate surface area is 126 Å². The van der Waals surface area contributed by atoms with Crippen molar-refractivity contribution >= 4 is 18.0 Å². The zero-order valence-electron chi connectivity index (χ0n) is 11.6. The summed E-state index contributed by atoms with van der Waals surface area (Å²) in [7, 11) is 0. The summed E-state index contributed by atoms with van der Waals surface area (Å²) < 4.78 is 13.0. The highest BCUT2D eigenvalue weighted by Crippen LogP contribution is 2.06. The number of amides is 1. The first-order chi connectivity index (χ1) is 10.5. The van der Waals surface area contributed by atoms with Gasteiger partial charge < -0.3 is 10.4 Å². The molecular formula is C17H14FNO3. The molecule has 1 amide bonds. The number of halogens is 1. The lowest BCUT2D eigenvalue weighted by Crippen LogP contribution is -2.20. The predicted molar refractivity (Wildman–Crippen MR) is 80.7 cm³/mol. The first kappa shape index (κ1) is 15.4. The molecule has 0 saturated carbocycles. The summed E-state index contributed by atoms with van der Waals surface area (Å²) in [5, 5.41) is 11.5. The third-order valence-corrected chi connectivity index (χ3v) is 2.94. The minimum absolute atomic E-state index is 0.195. The van der Waals surface area contributed by atoms with Gasteiger partial charge in [0, 0.05) is 12.6 Å². The van der Waals surface area contributed by atoms with Crippen LogP contribution in [0.2, 0.25) is 0 Å². The standard InChI is InChI=1S/C17H14FNO3/c18-15-3-1-2-12(10-15)6-9-16(20)19-11-13-4-7-14(8-5-13)17(21)22/h1-10H,11H2,(H,19,20)(H,21,22)/b9-6+. The van der Waals surface area contributed by atoms with Gasteiger partial charge >= 0.3 is 5.97 Å². The molecule has 0 fully saturated rings. The molecule has 22 heavy (non-hydrogen) atoms. The average molecular weight is 299 g/mol. The lowest BCUT2D eigenvalue weighted by atomic mass is 10.1. The predicted octanol–water partition coefficient (Wildman–Crippen LogP) is 2.85. The molecule has 0 aliphatic heterocycles. The maximum Gasteiger partial charge on any atom is 0.335 e. The molecule has 2 rings (SSSR count). The fourth-order valence-corrected chi connectivity index (χ4v) is 1.80. The van der Waals surface area contributed by atoms with Crippen LogP contribution in [0, 0.1) is 5.82 Å². The number of benzene rings is 2. The molecule has 4 nitrogen and oxygen atoms in total. The third-order valence-electron chi connectivity index (χ3n) is 2.94.